The van der Waals surface area contributed by atoms with E-state index in [1.807, 2.05) is 43.7 Å². The first-order chi connectivity index (χ1) is 11.1. The van der Waals surface area contributed by atoms with Crippen LogP contribution in [0.1, 0.15) is 56.7 Å². The largest absolute Gasteiger partial charge is 0.341 e. The van der Waals surface area contributed by atoms with E-state index in [1.165, 1.54) is 0 Å². The summed E-state index contributed by atoms with van der Waals surface area (Å²) in [5, 5.41) is 7.08. The van der Waals surface area contributed by atoms with Gasteiger partial charge in [-0.3, -0.25) is 14.7 Å². The van der Waals surface area contributed by atoms with E-state index >= 15 is 0 Å². The molecular formula is C18H28N4O2. The zero-order chi connectivity index (χ0) is 17.8. The Hall–Kier alpha value is -1.85. The van der Waals surface area contributed by atoms with Crippen LogP contribution in [-0.2, 0) is 4.79 Å². The number of likely N-dealkylation sites (tertiary alicyclic amines) is 1. The third kappa shape index (κ3) is 2.82. The molecule has 1 N–H and O–H groups in total. The van der Waals surface area contributed by atoms with Gasteiger partial charge >= 0.3 is 0 Å². The molecule has 2 heterocycles. The Morgan fingerprint density at radius 1 is 1.29 bits per heavy atom. The van der Waals surface area contributed by atoms with Gasteiger partial charge in [-0.25, -0.2) is 0 Å². The summed E-state index contributed by atoms with van der Waals surface area (Å²) in [6.07, 6.45) is 0. The van der Waals surface area contributed by atoms with Crippen molar-refractivity contribution in [2.24, 2.45) is 17.8 Å². The minimum Gasteiger partial charge on any atom is -0.341 e. The van der Waals surface area contributed by atoms with Crippen LogP contribution in [0.3, 0.4) is 0 Å². The van der Waals surface area contributed by atoms with E-state index in [9.17, 15) is 9.59 Å². The summed E-state index contributed by atoms with van der Waals surface area (Å²) in [6.45, 7) is 11.6. The van der Waals surface area contributed by atoms with Gasteiger partial charge in [-0.05, 0) is 44.6 Å². The molecule has 3 rings (SSSR count). The zero-order valence-electron chi connectivity index (χ0n) is 15.5. The van der Waals surface area contributed by atoms with Crippen molar-refractivity contribution in [1.29, 1.82) is 0 Å². The van der Waals surface area contributed by atoms with E-state index in [4.69, 9.17) is 0 Å². The zero-order valence-corrected chi connectivity index (χ0v) is 15.5. The molecule has 2 fully saturated rings. The summed E-state index contributed by atoms with van der Waals surface area (Å²) < 4.78 is 0. The Morgan fingerprint density at radius 2 is 1.88 bits per heavy atom. The fourth-order valence-corrected chi connectivity index (χ4v) is 3.52. The maximum Gasteiger partial charge on any atom is 0.274 e. The number of hydrogen-bond donors (Lipinski definition) is 1. The Labute approximate surface area is 143 Å². The van der Waals surface area contributed by atoms with E-state index < -0.39 is 0 Å². The summed E-state index contributed by atoms with van der Waals surface area (Å²) >= 11 is 0. The van der Waals surface area contributed by atoms with Crippen LogP contribution in [0.2, 0.25) is 0 Å². The normalized spacial score (nSPS) is 25.8. The van der Waals surface area contributed by atoms with Crippen molar-refractivity contribution in [2.75, 3.05) is 20.1 Å². The quantitative estimate of drug-likeness (QED) is 0.921. The predicted molar refractivity (Wildman–Crippen MR) is 91.6 cm³/mol. The molecule has 1 saturated heterocycles. The molecule has 6 nitrogen and oxygen atoms in total. The number of rotatable bonds is 3. The average Bonchev–Trinajstić information content (AvgIpc) is 2.91. The number of fused-ring (bicyclic) bond motifs is 1. The van der Waals surface area contributed by atoms with Crippen molar-refractivity contribution < 1.29 is 9.59 Å². The Bertz CT molecular complexity index is 646. The molecule has 1 unspecified atom stereocenters. The van der Waals surface area contributed by atoms with Crippen molar-refractivity contribution in [3.05, 3.63) is 17.5 Å². The van der Waals surface area contributed by atoms with Crippen LogP contribution in [0.15, 0.2) is 6.07 Å². The highest BCUT2D eigenvalue weighted by atomic mass is 16.2. The highest BCUT2D eigenvalue weighted by molar-refractivity contribution is 5.93. The van der Waals surface area contributed by atoms with Gasteiger partial charge in [0.05, 0.1) is 0 Å². The molecule has 0 spiro atoms. The van der Waals surface area contributed by atoms with Gasteiger partial charge in [-0.1, -0.05) is 13.8 Å². The van der Waals surface area contributed by atoms with Gasteiger partial charge in [0, 0.05) is 37.3 Å². The smallest absolute Gasteiger partial charge is 0.274 e. The number of carbonyl (C=O) groups excluding carboxylic acids is 2. The minimum absolute atomic E-state index is 0.0271. The first-order valence-electron chi connectivity index (χ1n) is 8.73. The van der Waals surface area contributed by atoms with Crippen molar-refractivity contribution in [1.82, 2.24) is 20.0 Å². The predicted octanol–water partition coefficient (Wildman–Crippen LogP) is 2.11. The molecule has 1 aliphatic carbocycles. The van der Waals surface area contributed by atoms with Gasteiger partial charge in [-0.15, -0.1) is 0 Å². The third-order valence-corrected chi connectivity index (χ3v) is 5.54. The number of nitrogens with zero attached hydrogens (tertiary/aromatic N) is 3. The summed E-state index contributed by atoms with van der Waals surface area (Å²) in [5.74, 6) is 1.22. The van der Waals surface area contributed by atoms with E-state index in [-0.39, 0.29) is 23.3 Å². The molecule has 2 amide bonds. The molecule has 2 aliphatic rings. The van der Waals surface area contributed by atoms with Gasteiger partial charge in [0.15, 0.2) is 0 Å². The molecule has 3 atom stereocenters. The van der Waals surface area contributed by atoms with Crippen LogP contribution in [0, 0.1) is 17.8 Å². The van der Waals surface area contributed by atoms with Gasteiger partial charge < -0.3 is 9.80 Å². The number of amides is 2. The second-order valence-corrected chi connectivity index (χ2v) is 8.49. The van der Waals surface area contributed by atoms with E-state index in [1.54, 1.807) is 0 Å². The highest BCUT2D eigenvalue weighted by Gasteiger charge is 2.61. The second kappa shape index (κ2) is 5.60. The Kier molecular flexibility index (Phi) is 3.97. The SMILES string of the molecule is CC(C)c1cc(C(=O)N2C[C@@H]3C(C(=O)N(C)C(C)(C)C)[C@@H]3C2)n[nH]1. The first kappa shape index (κ1) is 17.0. The molecule has 1 aromatic heterocycles. The number of hydrogen-bond acceptors (Lipinski definition) is 3. The van der Waals surface area contributed by atoms with Crippen LogP contribution in [0.25, 0.3) is 0 Å². The van der Waals surface area contributed by atoms with E-state index in [2.05, 4.69) is 24.0 Å². The van der Waals surface area contributed by atoms with E-state index in [0.717, 1.165) is 5.69 Å². The Morgan fingerprint density at radius 3 is 2.33 bits per heavy atom. The monoisotopic (exact) mass is 332 g/mol. The molecule has 0 radical (unpaired) electrons. The molecule has 132 valence electrons. The second-order valence-electron chi connectivity index (χ2n) is 8.49. The molecule has 1 aromatic rings. The molecule has 0 aromatic carbocycles. The third-order valence-electron chi connectivity index (χ3n) is 5.54. The summed E-state index contributed by atoms with van der Waals surface area (Å²) in [7, 11) is 1.87. The first-order valence-corrected chi connectivity index (χ1v) is 8.73. The van der Waals surface area contributed by atoms with Crippen LogP contribution in [-0.4, -0.2) is 57.5 Å². The average molecular weight is 332 g/mol. The number of piperidine rings is 1. The maximum absolute atomic E-state index is 12.6. The molecular weight excluding hydrogens is 304 g/mol. The van der Waals surface area contributed by atoms with Crippen LogP contribution in [0.4, 0.5) is 0 Å². The van der Waals surface area contributed by atoms with Crippen molar-refractivity contribution >= 4 is 11.8 Å². The van der Waals surface area contributed by atoms with E-state index in [0.29, 0.717) is 36.5 Å². The van der Waals surface area contributed by atoms with Crippen LogP contribution < -0.4 is 0 Å². The lowest BCUT2D eigenvalue weighted by Gasteiger charge is -2.33. The highest BCUT2D eigenvalue weighted by Crippen LogP contribution is 2.53. The number of aromatic nitrogens is 2. The fourth-order valence-electron chi connectivity index (χ4n) is 3.52. The summed E-state index contributed by atoms with van der Waals surface area (Å²) in [4.78, 5) is 28.8. The lowest BCUT2D eigenvalue weighted by atomic mass is 10.1. The number of aromatic amines is 1. The molecule has 0 bridgehead atoms. The standard InChI is InChI=1S/C18H28N4O2/c1-10(2)13-7-14(20-19-13)16(23)22-8-11-12(9-22)15(11)17(24)21(6)18(3,4)5/h7,10-12,15H,8-9H2,1-6H3,(H,19,20)/t11-,12+,15?. The number of H-pyrrole nitrogens is 1. The molecule has 6 heteroatoms. The molecule has 24 heavy (non-hydrogen) atoms. The van der Waals surface area contributed by atoms with Gasteiger partial charge in [-0.2, -0.15) is 5.10 Å². The maximum atomic E-state index is 12.6. The fraction of sp³-hybridized carbons (Fsp3) is 0.722. The van der Waals surface area contributed by atoms with Gasteiger partial charge in [0.2, 0.25) is 5.91 Å². The Balaban J connectivity index is 1.59. The van der Waals surface area contributed by atoms with Crippen molar-refractivity contribution in [2.45, 2.75) is 46.1 Å². The van der Waals surface area contributed by atoms with Crippen LogP contribution >= 0.6 is 0 Å². The minimum atomic E-state index is -0.161. The lowest BCUT2D eigenvalue weighted by molar-refractivity contribution is -0.136. The number of carbonyl (C=O) groups is 2. The summed E-state index contributed by atoms with van der Waals surface area (Å²) in [5.41, 5.74) is 1.29. The van der Waals surface area contributed by atoms with Gasteiger partial charge in [0.1, 0.15) is 5.69 Å². The lowest BCUT2D eigenvalue weighted by Crippen LogP contribution is -2.45. The van der Waals surface area contributed by atoms with Crippen LogP contribution in [0.5, 0.6) is 0 Å². The topological polar surface area (TPSA) is 69.3 Å². The molecule has 1 aliphatic heterocycles. The molecule has 1 saturated carbocycles. The number of nitrogens with one attached hydrogen (secondary N) is 1. The summed E-state index contributed by atoms with van der Waals surface area (Å²) in [6, 6.07) is 1.84. The van der Waals surface area contributed by atoms with Gasteiger partial charge in [0.25, 0.3) is 5.91 Å². The van der Waals surface area contributed by atoms with Crippen molar-refractivity contribution in [3.63, 3.8) is 0 Å². The van der Waals surface area contributed by atoms with Crippen molar-refractivity contribution in [3.8, 4) is 0 Å².